The molecule has 10 aromatic carbocycles. The predicted octanol–water partition coefficient (Wildman–Crippen LogP) is 17.6. The number of nitrogens with zero attached hydrogens (tertiary/aromatic N) is 1. The van der Waals surface area contributed by atoms with Crippen LogP contribution < -0.4 is 4.90 Å². The summed E-state index contributed by atoms with van der Waals surface area (Å²) in [6.07, 6.45) is 0. The molecule has 0 radical (unpaired) electrons. The van der Waals surface area contributed by atoms with Gasteiger partial charge in [-0.15, -0.1) is 0 Å². The molecule has 2 nitrogen and oxygen atoms in total. The van der Waals surface area contributed by atoms with Gasteiger partial charge in [-0.05, 0) is 138 Å². The lowest BCUT2D eigenvalue weighted by Crippen LogP contribution is -2.29. The Hall–Kier alpha value is -7.68. The number of anilines is 3. The van der Waals surface area contributed by atoms with Crippen LogP contribution in [0.3, 0.4) is 0 Å². The molecule has 0 fully saturated rings. The molecule has 1 heterocycles. The first-order valence-corrected chi connectivity index (χ1v) is 23.8. The van der Waals surface area contributed by atoms with Gasteiger partial charge in [0.05, 0.1) is 5.41 Å². The highest BCUT2D eigenvalue weighted by atomic mass is 16.3. The Morgan fingerprint density at radius 2 is 1.03 bits per heavy atom. The summed E-state index contributed by atoms with van der Waals surface area (Å²) in [7, 11) is 0. The van der Waals surface area contributed by atoms with E-state index in [1.54, 1.807) is 0 Å². The van der Waals surface area contributed by atoms with Crippen LogP contribution in [0, 0.1) is 6.92 Å². The molecule has 0 saturated carbocycles. The zero-order valence-electron chi connectivity index (χ0n) is 38.9. The van der Waals surface area contributed by atoms with Gasteiger partial charge in [0.2, 0.25) is 0 Å². The van der Waals surface area contributed by atoms with E-state index in [0.29, 0.717) is 0 Å². The second-order valence-electron chi connectivity index (χ2n) is 20.5. The van der Waals surface area contributed by atoms with E-state index in [1.165, 1.54) is 93.7 Å². The summed E-state index contributed by atoms with van der Waals surface area (Å²) in [5, 5.41) is 7.24. The van der Waals surface area contributed by atoms with Crippen LogP contribution in [0.5, 0.6) is 0 Å². The van der Waals surface area contributed by atoms with Crippen LogP contribution in [0.15, 0.2) is 205 Å². The predicted molar refractivity (Wildman–Crippen MR) is 282 cm³/mol. The second kappa shape index (κ2) is 14.2. The summed E-state index contributed by atoms with van der Waals surface area (Å²) in [5.41, 5.74) is 19.9. The van der Waals surface area contributed by atoms with E-state index < -0.39 is 5.41 Å². The van der Waals surface area contributed by atoms with Crippen molar-refractivity contribution in [2.75, 3.05) is 4.90 Å². The molecule has 1 aromatic heterocycles. The fourth-order valence-electron chi connectivity index (χ4n) is 12.3. The number of rotatable bonds is 5. The van der Waals surface area contributed by atoms with Crippen molar-refractivity contribution in [2.45, 2.75) is 57.8 Å². The van der Waals surface area contributed by atoms with Gasteiger partial charge in [-0.25, -0.2) is 0 Å². The molecule has 0 spiro atoms. The number of aryl methyl sites for hydroxylation is 1. The molecule has 0 aliphatic heterocycles. The second-order valence-corrected chi connectivity index (χ2v) is 20.5. The lowest BCUT2D eigenvalue weighted by atomic mass is 9.66. The number of para-hydroxylation sites is 1. The molecule has 2 aliphatic rings. The standard InChI is InChI=1S/C65H51NO/c1-40-37-56-60(62-58(40)52-26-16-18-28-57(52)67-62)59-50-25-14-13-23-47(50)53-38-45(34-36-51(53)61(59)65(56,42-19-9-7-10-20-42)43-21-11-8-12-22-43)66(44-31-29-41(30-32-44)63(2,3)4)46-33-35-49-48-24-15-17-27-54(48)64(5,6)55(49)39-46/h7-39H,1-6H3. The van der Waals surface area contributed by atoms with Gasteiger partial charge in [0.1, 0.15) is 11.2 Å². The van der Waals surface area contributed by atoms with Gasteiger partial charge in [-0.1, -0.05) is 192 Å². The lowest BCUT2D eigenvalue weighted by molar-refractivity contribution is 0.590. The van der Waals surface area contributed by atoms with Gasteiger partial charge in [0, 0.05) is 38.8 Å². The van der Waals surface area contributed by atoms with Crippen LogP contribution in [-0.4, -0.2) is 0 Å². The molecule has 0 atom stereocenters. The quantitative estimate of drug-likeness (QED) is 0.160. The Morgan fingerprint density at radius 1 is 0.448 bits per heavy atom. The summed E-state index contributed by atoms with van der Waals surface area (Å²) < 4.78 is 7.10. The van der Waals surface area contributed by atoms with Crippen molar-refractivity contribution < 1.29 is 4.42 Å². The molecular formula is C65H51NO. The minimum Gasteiger partial charge on any atom is -0.455 e. The molecule has 0 unspecified atom stereocenters. The van der Waals surface area contributed by atoms with Crippen molar-refractivity contribution in [1.82, 2.24) is 0 Å². The van der Waals surface area contributed by atoms with Crippen molar-refractivity contribution in [3.63, 3.8) is 0 Å². The first-order valence-electron chi connectivity index (χ1n) is 23.8. The van der Waals surface area contributed by atoms with Gasteiger partial charge >= 0.3 is 0 Å². The summed E-state index contributed by atoms with van der Waals surface area (Å²) in [5.74, 6) is 0. The van der Waals surface area contributed by atoms with E-state index in [-0.39, 0.29) is 10.8 Å². The van der Waals surface area contributed by atoms with E-state index in [4.69, 9.17) is 4.42 Å². The zero-order valence-corrected chi connectivity index (χ0v) is 38.9. The van der Waals surface area contributed by atoms with Crippen LogP contribution >= 0.6 is 0 Å². The molecule has 2 aliphatic carbocycles. The molecule has 0 saturated heterocycles. The fraction of sp³-hybridized carbons (Fsp3) is 0.138. The van der Waals surface area contributed by atoms with Gasteiger partial charge in [-0.2, -0.15) is 0 Å². The molecular weight excluding hydrogens is 811 g/mol. The molecule has 0 bridgehead atoms. The Balaban J connectivity index is 1.14. The Kier molecular flexibility index (Phi) is 8.38. The third kappa shape index (κ3) is 5.50. The first-order chi connectivity index (χ1) is 32.5. The van der Waals surface area contributed by atoms with Crippen molar-refractivity contribution >= 4 is 60.5 Å². The first kappa shape index (κ1) is 39.7. The third-order valence-electron chi connectivity index (χ3n) is 15.4. The van der Waals surface area contributed by atoms with Gasteiger partial charge < -0.3 is 9.32 Å². The molecule has 322 valence electrons. The van der Waals surface area contributed by atoms with E-state index in [0.717, 1.165) is 33.6 Å². The number of fused-ring (bicyclic) bond motifs is 15. The third-order valence-corrected chi connectivity index (χ3v) is 15.4. The van der Waals surface area contributed by atoms with Crippen LogP contribution in [0.25, 0.3) is 65.7 Å². The summed E-state index contributed by atoms with van der Waals surface area (Å²) in [6, 6.07) is 75.0. The Morgan fingerprint density at radius 3 is 1.75 bits per heavy atom. The van der Waals surface area contributed by atoms with Gasteiger partial charge in [-0.3, -0.25) is 0 Å². The summed E-state index contributed by atoms with van der Waals surface area (Å²) in [6.45, 7) is 13.9. The average Bonchev–Trinajstić information content (AvgIpc) is 3.97. The van der Waals surface area contributed by atoms with Gasteiger partial charge in [0.25, 0.3) is 0 Å². The highest BCUT2D eigenvalue weighted by Crippen LogP contribution is 2.63. The summed E-state index contributed by atoms with van der Waals surface area (Å²) in [4.78, 5) is 2.48. The number of benzene rings is 10. The van der Waals surface area contributed by atoms with Gasteiger partial charge in [0.15, 0.2) is 0 Å². The molecule has 67 heavy (non-hydrogen) atoms. The molecule has 0 amide bonds. The van der Waals surface area contributed by atoms with E-state index >= 15 is 0 Å². The minimum atomic E-state index is -0.655. The van der Waals surface area contributed by atoms with Crippen LogP contribution in [-0.2, 0) is 16.2 Å². The number of hydrogen-bond donors (Lipinski definition) is 0. The van der Waals surface area contributed by atoms with Crippen LogP contribution in [0.4, 0.5) is 17.1 Å². The van der Waals surface area contributed by atoms with Crippen molar-refractivity contribution in [1.29, 1.82) is 0 Å². The normalized spacial score (nSPS) is 14.4. The topological polar surface area (TPSA) is 16.4 Å². The minimum absolute atomic E-state index is 0.0308. The highest BCUT2D eigenvalue weighted by molar-refractivity contribution is 6.24. The number of hydrogen-bond acceptors (Lipinski definition) is 2. The Labute approximate surface area is 392 Å². The molecule has 0 N–H and O–H groups in total. The maximum absolute atomic E-state index is 7.10. The SMILES string of the molecule is Cc1cc2c(c3oc4ccccc4c13)-c1c(c3ccc(N(c4ccc(C(C)(C)C)cc4)c4ccc5c(c4)C(C)(C)c4ccccc4-5)cc3c3ccccc13)C2(c1ccccc1)c1ccccc1. The maximum atomic E-state index is 7.10. The Bertz CT molecular complexity index is 3770. The largest absolute Gasteiger partial charge is 0.455 e. The van der Waals surface area contributed by atoms with E-state index in [9.17, 15) is 0 Å². The molecule has 2 heteroatoms. The van der Waals surface area contributed by atoms with Crippen LogP contribution in [0.1, 0.15) is 79.1 Å². The van der Waals surface area contributed by atoms with Crippen molar-refractivity contribution in [3.05, 3.63) is 245 Å². The summed E-state index contributed by atoms with van der Waals surface area (Å²) >= 11 is 0. The average molecular weight is 862 g/mol. The van der Waals surface area contributed by atoms with E-state index in [1.807, 2.05) is 0 Å². The molecule has 13 rings (SSSR count). The van der Waals surface area contributed by atoms with Crippen molar-refractivity contribution in [2.24, 2.45) is 0 Å². The number of furan rings is 1. The molecule has 11 aromatic rings. The van der Waals surface area contributed by atoms with Crippen LogP contribution in [0.2, 0.25) is 0 Å². The maximum Gasteiger partial charge on any atom is 0.143 e. The zero-order chi connectivity index (χ0) is 45.4. The van der Waals surface area contributed by atoms with Crippen molar-refractivity contribution in [3.8, 4) is 22.3 Å². The lowest BCUT2D eigenvalue weighted by Gasteiger charge is -2.35. The fourth-order valence-corrected chi connectivity index (χ4v) is 12.3. The highest BCUT2D eigenvalue weighted by Gasteiger charge is 2.50. The van der Waals surface area contributed by atoms with E-state index in [2.05, 4.69) is 247 Å². The smallest absolute Gasteiger partial charge is 0.143 e. The monoisotopic (exact) mass is 861 g/mol.